The molecule has 0 fully saturated rings. The van der Waals surface area contributed by atoms with Crippen molar-refractivity contribution >= 4 is 43.6 Å². The van der Waals surface area contributed by atoms with Crippen LogP contribution in [0, 0.1) is 0 Å². The molecule has 12 aromatic rings. The number of benzene rings is 9. The second-order valence-electron chi connectivity index (χ2n) is 15.6. The van der Waals surface area contributed by atoms with Crippen LogP contribution >= 0.6 is 0 Å². The van der Waals surface area contributed by atoms with Crippen LogP contribution in [0.15, 0.2) is 224 Å². The van der Waals surface area contributed by atoms with E-state index in [0.717, 1.165) is 71.9 Å². The van der Waals surface area contributed by atoms with Crippen molar-refractivity contribution in [2.24, 2.45) is 0 Å². The van der Waals surface area contributed by atoms with Gasteiger partial charge in [-0.25, -0.2) is 4.98 Å². The van der Waals surface area contributed by atoms with Gasteiger partial charge in [-0.2, -0.15) is 9.97 Å². The number of hydrogen-bond donors (Lipinski definition) is 0. The highest BCUT2D eigenvalue weighted by Gasteiger charge is 2.23. The summed E-state index contributed by atoms with van der Waals surface area (Å²) in [4.78, 5) is 16.4. The summed E-state index contributed by atoms with van der Waals surface area (Å²) in [5.74, 6) is 1.73. The van der Waals surface area contributed by atoms with Gasteiger partial charge in [-0.05, 0) is 81.9 Å². The van der Waals surface area contributed by atoms with Crippen molar-refractivity contribution in [3.63, 3.8) is 0 Å². The van der Waals surface area contributed by atoms with Gasteiger partial charge in [0.05, 0.1) is 27.8 Å². The van der Waals surface area contributed by atoms with Gasteiger partial charge in [0.15, 0.2) is 11.6 Å². The first-order valence-electron chi connectivity index (χ1n) is 21.0. The van der Waals surface area contributed by atoms with Crippen LogP contribution < -0.4 is 0 Å². The van der Waals surface area contributed by atoms with Gasteiger partial charge in [0, 0.05) is 32.7 Å². The Morgan fingerprint density at radius 3 is 1.24 bits per heavy atom. The molecule has 0 saturated heterocycles. The molecule has 290 valence electrons. The van der Waals surface area contributed by atoms with Gasteiger partial charge in [-0.3, -0.25) is 4.57 Å². The predicted octanol–water partition coefficient (Wildman–Crippen LogP) is 14.4. The first-order valence-corrected chi connectivity index (χ1v) is 21.0. The lowest BCUT2D eigenvalue weighted by atomic mass is 9.99. The summed E-state index contributed by atoms with van der Waals surface area (Å²) in [5.41, 5.74) is 13.9. The fraction of sp³-hybridized carbons (Fsp3) is 0. The lowest BCUT2D eigenvalue weighted by molar-refractivity contribution is 0.952. The second-order valence-corrected chi connectivity index (χ2v) is 15.6. The lowest BCUT2D eigenvalue weighted by Gasteiger charge is -2.16. The van der Waals surface area contributed by atoms with Gasteiger partial charge in [0.2, 0.25) is 5.95 Å². The van der Waals surface area contributed by atoms with E-state index in [2.05, 4.69) is 228 Å². The summed E-state index contributed by atoms with van der Waals surface area (Å²) >= 11 is 0. The number of rotatable bonds is 7. The first-order chi connectivity index (χ1) is 30.8. The largest absolute Gasteiger partial charge is 0.309 e. The molecular formula is C57H37N5. The van der Waals surface area contributed by atoms with Gasteiger partial charge in [0.25, 0.3) is 0 Å². The number of nitrogens with zero attached hydrogens (tertiary/aromatic N) is 5. The minimum Gasteiger partial charge on any atom is -0.309 e. The summed E-state index contributed by atoms with van der Waals surface area (Å²) in [7, 11) is 0. The summed E-state index contributed by atoms with van der Waals surface area (Å²) in [6.45, 7) is 0. The summed E-state index contributed by atoms with van der Waals surface area (Å²) in [6, 6.07) is 79.2. The summed E-state index contributed by atoms with van der Waals surface area (Å²) in [5, 5.41) is 4.64. The zero-order chi connectivity index (χ0) is 41.0. The monoisotopic (exact) mass is 791 g/mol. The Balaban J connectivity index is 1.16. The quantitative estimate of drug-likeness (QED) is 0.162. The average Bonchev–Trinajstić information content (AvgIpc) is 3.87. The lowest BCUT2D eigenvalue weighted by Crippen LogP contribution is -2.08. The maximum Gasteiger partial charge on any atom is 0.238 e. The topological polar surface area (TPSA) is 48.5 Å². The molecule has 9 aromatic carbocycles. The van der Waals surface area contributed by atoms with Crippen LogP contribution in [0.2, 0.25) is 0 Å². The predicted molar refractivity (Wildman–Crippen MR) is 256 cm³/mol. The molecule has 0 radical (unpaired) electrons. The first kappa shape index (κ1) is 35.5. The van der Waals surface area contributed by atoms with Crippen LogP contribution in [0.5, 0.6) is 0 Å². The minimum absolute atomic E-state index is 0.546. The van der Waals surface area contributed by atoms with E-state index in [9.17, 15) is 0 Å². The number of hydrogen-bond acceptors (Lipinski definition) is 3. The van der Waals surface area contributed by atoms with E-state index in [1.807, 2.05) is 6.07 Å². The molecule has 62 heavy (non-hydrogen) atoms. The molecule has 0 unspecified atom stereocenters. The standard InChI is InChI=1S/C57H37N5/c1-4-18-38(19-5-1)41-32-34-53-48(36-41)49-37-42(39-20-6-2-7-21-39)33-35-54(49)62(53)57-59-55(46-27-11-10-24-43(46)40-22-8-3-9-23-40)58-56(60-57)47-28-14-17-31-52(47)61-50-29-15-12-25-44(50)45-26-13-16-30-51(45)61/h1-37H. The van der Waals surface area contributed by atoms with Crippen LogP contribution in [0.1, 0.15) is 0 Å². The van der Waals surface area contributed by atoms with Crippen molar-refractivity contribution in [2.45, 2.75) is 0 Å². The number of fused-ring (bicyclic) bond motifs is 6. The summed E-state index contributed by atoms with van der Waals surface area (Å²) < 4.78 is 4.56. The molecule has 0 spiro atoms. The van der Waals surface area contributed by atoms with E-state index in [0.29, 0.717) is 17.6 Å². The van der Waals surface area contributed by atoms with E-state index < -0.39 is 0 Å². The van der Waals surface area contributed by atoms with E-state index in [1.165, 1.54) is 21.9 Å². The second kappa shape index (κ2) is 14.7. The molecule has 0 saturated carbocycles. The third-order valence-electron chi connectivity index (χ3n) is 12.0. The smallest absolute Gasteiger partial charge is 0.238 e. The van der Waals surface area contributed by atoms with Crippen LogP contribution in [-0.4, -0.2) is 24.1 Å². The van der Waals surface area contributed by atoms with E-state index in [-0.39, 0.29) is 0 Å². The van der Waals surface area contributed by atoms with Crippen molar-refractivity contribution in [3.8, 4) is 67.8 Å². The van der Waals surface area contributed by atoms with Gasteiger partial charge in [-0.1, -0.05) is 176 Å². The van der Waals surface area contributed by atoms with Crippen LogP contribution in [0.25, 0.3) is 111 Å². The Morgan fingerprint density at radius 2 is 0.677 bits per heavy atom. The van der Waals surface area contributed by atoms with Gasteiger partial charge in [-0.15, -0.1) is 0 Å². The summed E-state index contributed by atoms with van der Waals surface area (Å²) in [6.07, 6.45) is 0. The molecule has 3 heterocycles. The van der Waals surface area contributed by atoms with Gasteiger partial charge >= 0.3 is 0 Å². The molecule has 0 atom stereocenters. The molecule has 0 N–H and O–H groups in total. The van der Waals surface area contributed by atoms with E-state index in [1.54, 1.807) is 0 Å². The maximum atomic E-state index is 5.49. The average molecular weight is 792 g/mol. The van der Waals surface area contributed by atoms with Gasteiger partial charge < -0.3 is 4.57 Å². The Morgan fingerprint density at radius 1 is 0.258 bits per heavy atom. The van der Waals surface area contributed by atoms with Gasteiger partial charge in [0.1, 0.15) is 0 Å². The van der Waals surface area contributed by atoms with Crippen molar-refractivity contribution in [3.05, 3.63) is 224 Å². The molecule has 5 nitrogen and oxygen atoms in total. The molecule has 0 aliphatic carbocycles. The highest BCUT2D eigenvalue weighted by Crippen LogP contribution is 2.40. The molecule has 0 aliphatic rings. The van der Waals surface area contributed by atoms with Crippen LogP contribution in [0.4, 0.5) is 0 Å². The van der Waals surface area contributed by atoms with Crippen LogP contribution in [-0.2, 0) is 0 Å². The van der Waals surface area contributed by atoms with E-state index >= 15 is 0 Å². The Kier molecular flexibility index (Phi) is 8.42. The molecule has 0 amide bonds. The Hall–Kier alpha value is -8.41. The fourth-order valence-corrected chi connectivity index (χ4v) is 9.15. The van der Waals surface area contributed by atoms with Crippen molar-refractivity contribution in [1.82, 2.24) is 24.1 Å². The maximum absolute atomic E-state index is 5.49. The zero-order valence-corrected chi connectivity index (χ0v) is 33.6. The highest BCUT2D eigenvalue weighted by molar-refractivity contribution is 6.12. The molecule has 3 aromatic heterocycles. The highest BCUT2D eigenvalue weighted by atomic mass is 15.2. The van der Waals surface area contributed by atoms with E-state index in [4.69, 9.17) is 15.0 Å². The molecule has 0 aliphatic heterocycles. The SMILES string of the molecule is c1ccc(-c2ccc3c(c2)c2cc(-c4ccccc4)ccc2n3-c2nc(-c3ccccc3-c3ccccc3)nc(-c3ccccc3-n3c4ccccc4c4ccccc43)n2)cc1. The third-order valence-corrected chi connectivity index (χ3v) is 12.0. The Bertz CT molecular complexity index is 3470. The van der Waals surface area contributed by atoms with Crippen molar-refractivity contribution in [2.75, 3.05) is 0 Å². The van der Waals surface area contributed by atoms with Crippen LogP contribution in [0.3, 0.4) is 0 Å². The fourth-order valence-electron chi connectivity index (χ4n) is 9.15. The molecule has 0 bridgehead atoms. The Labute approximate surface area is 358 Å². The minimum atomic E-state index is 0.546. The zero-order valence-electron chi connectivity index (χ0n) is 33.6. The van der Waals surface area contributed by atoms with Crippen molar-refractivity contribution < 1.29 is 0 Å². The van der Waals surface area contributed by atoms with Crippen molar-refractivity contribution in [1.29, 1.82) is 0 Å². The number of aromatic nitrogens is 5. The molecule has 12 rings (SSSR count). The molecular weight excluding hydrogens is 755 g/mol. The number of para-hydroxylation sites is 3. The third kappa shape index (κ3) is 5.90. The molecule has 5 heteroatoms. The normalized spacial score (nSPS) is 11.5.